The molecule has 128 valence electrons. The molecule has 0 aliphatic heterocycles. The molecule has 0 fully saturated rings. The number of rotatable bonds is 6. The summed E-state index contributed by atoms with van der Waals surface area (Å²) in [5, 5.41) is 4.89. The van der Waals surface area contributed by atoms with Gasteiger partial charge < -0.3 is 15.1 Å². The lowest BCUT2D eigenvalue weighted by Gasteiger charge is -2.09. The summed E-state index contributed by atoms with van der Waals surface area (Å²) in [5.74, 6) is -0.873. The van der Waals surface area contributed by atoms with Crippen molar-refractivity contribution in [2.45, 2.75) is 12.6 Å². The average molecular weight is 340 g/mol. The highest BCUT2D eigenvalue weighted by atomic mass is 19.4. The zero-order valence-electron chi connectivity index (χ0n) is 12.5. The third kappa shape index (κ3) is 5.15. The number of hydrogen-bond acceptors (Lipinski definition) is 3. The maximum Gasteiger partial charge on any atom is 0.416 e. The molecular weight excluding hydrogens is 325 g/mol. The smallest absolute Gasteiger partial charge is 0.416 e. The van der Waals surface area contributed by atoms with Crippen LogP contribution in [0.1, 0.15) is 21.7 Å². The largest absolute Gasteiger partial charge is 0.459 e. The summed E-state index contributed by atoms with van der Waals surface area (Å²) in [4.78, 5) is 23.1. The quantitative estimate of drug-likeness (QED) is 0.848. The maximum atomic E-state index is 12.6. The fourth-order valence-corrected chi connectivity index (χ4v) is 1.97. The predicted molar refractivity (Wildman–Crippen MR) is 79.2 cm³/mol. The van der Waals surface area contributed by atoms with Gasteiger partial charge in [-0.15, -0.1) is 0 Å². The van der Waals surface area contributed by atoms with Crippen LogP contribution in [-0.2, 0) is 17.4 Å². The van der Waals surface area contributed by atoms with E-state index in [2.05, 4.69) is 10.6 Å². The van der Waals surface area contributed by atoms with E-state index >= 15 is 0 Å². The van der Waals surface area contributed by atoms with E-state index in [0.29, 0.717) is 5.56 Å². The van der Waals surface area contributed by atoms with Crippen molar-refractivity contribution in [2.24, 2.45) is 0 Å². The van der Waals surface area contributed by atoms with Crippen molar-refractivity contribution in [1.29, 1.82) is 0 Å². The van der Waals surface area contributed by atoms with Gasteiger partial charge in [0.1, 0.15) is 0 Å². The normalized spacial score (nSPS) is 11.1. The average Bonchev–Trinajstić information content (AvgIpc) is 3.06. The molecule has 0 radical (unpaired) electrons. The zero-order valence-corrected chi connectivity index (χ0v) is 12.5. The summed E-state index contributed by atoms with van der Waals surface area (Å²) in [6.45, 7) is -0.0844. The number of carbonyl (C=O) groups excluding carboxylic acids is 2. The fourth-order valence-electron chi connectivity index (χ4n) is 1.97. The van der Waals surface area contributed by atoms with Crippen molar-refractivity contribution in [1.82, 2.24) is 10.6 Å². The number of nitrogens with one attached hydrogen (secondary N) is 2. The second-order valence-corrected chi connectivity index (χ2v) is 4.96. The number of carbonyl (C=O) groups is 2. The van der Waals surface area contributed by atoms with Crippen LogP contribution >= 0.6 is 0 Å². The molecule has 0 unspecified atom stereocenters. The third-order valence-electron chi connectivity index (χ3n) is 3.14. The van der Waals surface area contributed by atoms with Crippen molar-refractivity contribution < 1.29 is 27.2 Å². The summed E-state index contributed by atoms with van der Waals surface area (Å²) >= 11 is 0. The van der Waals surface area contributed by atoms with Gasteiger partial charge in [-0.3, -0.25) is 9.59 Å². The highest BCUT2D eigenvalue weighted by molar-refractivity contribution is 5.94. The SMILES string of the molecule is O=C(CNC(=O)c1ccco1)NCCc1cccc(C(F)(F)F)c1. The highest BCUT2D eigenvalue weighted by Gasteiger charge is 2.30. The second-order valence-electron chi connectivity index (χ2n) is 4.96. The summed E-state index contributed by atoms with van der Waals surface area (Å²) in [6.07, 6.45) is -2.80. The molecule has 0 aliphatic rings. The summed E-state index contributed by atoms with van der Waals surface area (Å²) in [5.41, 5.74) is -0.262. The molecule has 0 aliphatic carbocycles. The van der Waals surface area contributed by atoms with E-state index in [4.69, 9.17) is 4.42 Å². The molecule has 0 bridgehead atoms. The molecule has 0 saturated carbocycles. The molecule has 1 aromatic carbocycles. The molecule has 0 atom stereocenters. The molecule has 0 saturated heterocycles. The molecule has 1 aromatic heterocycles. The second kappa shape index (κ2) is 7.67. The lowest BCUT2D eigenvalue weighted by Crippen LogP contribution is -2.37. The van der Waals surface area contributed by atoms with E-state index in [0.717, 1.165) is 12.1 Å². The van der Waals surface area contributed by atoms with Crippen LogP contribution in [0.15, 0.2) is 47.1 Å². The lowest BCUT2D eigenvalue weighted by molar-refractivity contribution is -0.137. The molecule has 5 nitrogen and oxygen atoms in total. The van der Waals surface area contributed by atoms with Crippen LogP contribution in [0.3, 0.4) is 0 Å². The number of amides is 2. The standard InChI is InChI=1S/C16H15F3N2O3/c17-16(18,19)12-4-1-3-11(9-12)6-7-20-14(22)10-21-15(23)13-5-2-8-24-13/h1-5,8-9H,6-7,10H2,(H,20,22)(H,21,23). The van der Waals surface area contributed by atoms with E-state index in [-0.39, 0.29) is 25.3 Å². The minimum atomic E-state index is -4.39. The molecule has 8 heteroatoms. The Kier molecular flexibility index (Phi) is 5.62. The molecular formula is C16H15F3N2O3. The van der Waals surface area contributed by atoms with E-state index in [1.807, 2.05) is 0 Å². The van der Waals surface area contributed by atoms with E-state index < -0.39 is 23.6 Å². The first-order valence-electron chi connectivity index (χ1n) is 7.11. The van der Waals surface area contributed by atoms with Crippen LogP contribution in [0.4, 0.5) is 13.2 Å². The predicted octanol–water partition coefficient (Wildman–Crippen LogP) is 2.39. The first kappa shape index (κ1) is 17.6. The van der Waals surface area contributed by atoms with Gasteiger partial charge in [0.25, 0.3) is 5.91 Å². The van der Waals surface area contributed by atoms with Crippen molar-refractivity contribution in [3.05, 3.63) is 59.5 Å². The van der Waals surface area contributed by atoms with E-state index in [9.17, 15) is 22.8 Å². The Bertz CT molecular complexity index is 697. The van der Waals surface area contributed by atoms with Crippen molar-refractivity contribution in [3.63, 3.8) is 0 Å². The van der Waals surface area contributed by atoms with Crippen LogP contribution in [0.2, 0.25) is 0 Å². The van der Waals surface area contributed by atoms with Gasteiger partial charge in [0, 0.05) is 6.54 Å². The van der Waals surface area contributed by atoms with Gasteiger partial charge in [-0.25, -0.2) is 0 Å². The van der Waals surface area contributed by atoms with Gasteiger partial charge in [0.05, 0.1) is 18.4 Å². The van der Waals surface area contributed by atoms with Gasteiger partial charge in [-0.05, 0) is 30.2 Å². The van der Waals surface area contributed by atoms with Gasteiger partial charge in [-0.1, -0.05) is 18.2 Å². The van der Waals surface area contributed by atoms with Crippen LogP contribution in [0.5, 0.6) is 0 Å². The summed E-state index contributed by atoms with van der Waals surface area (Å²) in [6, 6.07) is 7.92. The Labute approximate surface area is 135 Å². The van der Waals surface area contributed by atoms with Crippen molar-refractivity contribution in [3.8, 4) is 0 Å². The Hall–Kier alpha value is -2.77. The van der Waals surface area contributed by atoms with Crippen LogP contribution < -0.4 is 10.6 Å². The Morgan fingerprint density at radius 1 is 1.08 bits per heavy atom. The molecule has 24 heavy (non-hydrogen) atoms. The van der Waals surface area contributed by atoms with Crippen LogP contribution in [0, 0.1) is 0 Å². The number of furan rings is 1. The minimum Gasteiger partial charge on any atom is -0.459 e. The summed E-state index contributed by atoms with van der Waals surface area (Å²) < 4.78 is 42.6. The molecule has 2 N–H and O–H groups in total. The first-order valence-corrected chi connectivity index (χ1v) is 7.11. The fraction of sp³-hybridized carbons (Fsp3) is 0.250. The van der Waals surface area contributed by atoms with Gasteiger partial charge in [-0.2, -0.15) is 13.2 Å². The lowest BCUT2D eigenvalue weighted by atomic mass is 10.1. The number of hydrogen-bond donors (Lipinski definition) is 2. The minimum absolute atomic E-state index is 0.0896. The molecule has 1 heterocycles. The summed E-state index contributed by atoms with van der Waals surface area (Å²) in [7, 11) is 0. The topological polar surface area (TPSA) is 71.3 Å². The first-order chi connectivity index (χ1) is 11.4. The van der Waals surface area contributed by atoms with E-state index in [1.165, 1.54) is 18.4 Å². The Morgan fingerprint density at radius 2 is 1.88 bits per heavy atom. The van der Waals surface area contributed by atoms with Gasteiger partial charge in [0.15, 0.2) is 5.76 Å². The Balaban J connectivity index is 1.74. The van der Waals surface area contributed by atoms with Crippen molar-refractivity contribution in [2.75, 3.05) is 13.1 Å². The number of benzene rings is 1. The highest BCUT2D eigenvalue weighted by Crippen LogP contribution is 2.29. The number of alkyl halides is 3. The van der Waals surface area contributed by atoms with Crippen LogP contribution in [-0.4, -0.2) is 24.9 Å². The number of halogens is 3. The van der Waals surface area contributed by atoms with Crippen molar-refractivity contribution >= 4 is 11.8 Å². The third-order valence-corrected chi connectivity index (χ3v) is 3.14. The maximum absolute atomic E-state index is 12.6. The molecule has 2 rings (SSSR count). The molecule has 0 spiro atoms. The molecule has 2 amide bonds. The zero-order chi connectivity index (χ0) is 17.6. The monoisotopic (exact) mass is 340 g/mol. The molecule has 2 aromatic rings. The van der Waals surface area contributed by atoms with E-state index in [1.54, 1.807) is 12.1 Å². The van der Waals surface area contributed by atoms with Crippen LogP contribution in [0.25, 0.3) is 0 Å². The van der Waals surface area contributed by atoms with Gasteiger partial charge in [0.2, 0.25) is 5.91 Å². The van der Waals surface area contributed by atoms with Gasteiger partial charge >= 0.3 is 6.18 Å². The Morgan fingerprint density at radius 3 is 2.54 bits per heavy atom.